The highest BCUT2D eigenvalue weighted by atomic mass is 16.5. The highest BCUT2D eigenvalue weighted by Crippen LogP contribution is 2.13. The fourth-order valence-corrected chi connectivity index (χ4v) is 1.73. The standard InChI is InChI=1S/C12H23NO4/c1-2-3-4-5-6-7-8-11(12(15)16)9-13(17)10-14/h10-11,17H,2-9H2,1H3,(H,15,16)/t11-/m1/s1. The van der Waals surface area contributed by atoms with E-state index in [0.29, 0.717) is 11.5 Å². The molecule has 0 heterocycles. The number of nitrogens with zero attached hydrogens (tertiary/aromatic N) is 1. The number of amides is 1. The summed E-state index contributed by atoms with van der Waals surface area (Å²) in [5.41, 5.74) is 0. The Kier molecular flexibility index (Phi) is 9.43. The fourth-order valence-electron chi connectivity index (χ4n) is 1.73. The van der Waals surface area contributed by atoms with Crippen molar-refractivity contribution in [3.05, 3.63) is 0 Å². The molecule has 0 aliphatic rings. The zero-order valence-electron chi connectivity index (χ0n) is 10.5. The Hall–Kier alpha value is -1.10. The summed E-state index contributed by atoms with van der Waals surface area (Å²) in [6.07, 6.45) is 7.30. The molecule has 0 aliphatic carbocycles. The Morgan fingerprint density at radius 3 is 2.35 bits per heavy atom. The Morgan fingerprint density at radius 1 is 1.24 bits per heavy atom. The number of hydrogen-bond acceptors (Lipinski definition) is 3. The van der Waals surface area contributed by atoms with Crippen LogP contribution in [0.1, 0.15) is 51.9 Å². The molecule has 5 nitrogen and oxygen atoms in total. The third-order valence-corrected chi connectivity index (χ3v) is 2.78. The van der Waals surface area contributed by atoms with Crippen LogP contribution < -0.4 is 0 Å². The Balaban J connectivity index is 3.70. The van der Waals surface area contributed by atoms with E-state index in [2.05, 4.69) is 6.92 Å². The van der Waals surface area contributed by atoms with Gasteiger partial charge in [0.15, 0.2) is 0 Å². The number of hydroxylamine groups is 2. The minimum atomic E-state index is -0.959. The molecule has 0 unspecified atom stereocenters. The zero-order chi connectivity index (χ0) is 13.1. The summed E-state index contributed by atoms with van der Waals surface area (Å²) in [4.78, 5) is 21.1. The van der Waals surface area contributed by atoms with Crippen molar-refractivity contribution >= 4 is 12.4 Å². The summed E-state index contributed by atoms with van der Waals surface area (Å²) in [7, 11) is 0. The normalized spacial score (nSPS) is 12.1. The zero-order valence-corrected chi connectivity index (χ0v) is 10.5. The van der Waals surface area contributed by atoms with Crippen molar-refractivity contribution in [1.29, 1.82) is 0 Å². The van der Waals surface area contributed by atoms with Crippen LogP contribution in [0.5, 0.6) is 0 Å². The molecule has 2 N–H and O–H groups in total. The second-order valence-corrected chi connectivity index (χ2v) is 4.32. The van der Waals surface area contributed by atoms with Gasteiger partial charge in [0, 0.05) is 0 Å². The average molecular weight is 245 g/mol. The van der Waals surface area contributed by atoms with Crippen molar-refractivity contribution in [2.75, 3.05) is 6.54 Å². The highest BCUT2D eigenvalue weighted by molar-refractivity contribution is 5.70. The van der Waals surface area contributed by atoms with Gasteiger partial charge in [0.1, 0.15) is 0 Å². The number of carbonyl (C=O) groups is 2. The van der Waals surface area contributed by atoms with Gasteiger partial charge in [0.2, 0.25) is 6.41 Å². The van der Waals surface area contributed by atoms with Gasteiger partial charge in [-0.25, -0.2) is 5.06 Å². The van der Waals surface area contributed by atoms with Gasteiger partial charge in [-0.1, -0.05) is 45.4 Å². The monoisotopic (exact) mass is 245 g/mol. The lowest BCUT2D eigenvalue weighted by Crippen LogP contribution is -2.29. The molecular formula is C12H23NO4. The van der Waals surface area contributed by atoms with Crippen LogP contribution in [-0.4, -0.2) is 34.3 Å². The van der Waals surface area contributed by atoms with Crippen molar-refractivity contribution in [2.45, 2.75) is 51.9 Å². The molecule has 0 saturated carbocycles. The van der Waals surface area contributed by atoms with Gasteiger partial charge >= 0.3 is 5.97 Å². The van der Waals surface area contributed by atoms with Crippen LogP contribution in [0.4, 0.5) is 0 Å². The summed E-state index contributed by atoms with van der Waals surface area (Å²) in [5, 5.41) is 18.3. The molecule has 0 aliphatic heterocycles. The maximum absolute atomic E-state index is 10.9. The number of rotatable bonds is 11. The van der Waals surface area contributed by atoms with Crippen molar-refractivity contribution in [2.24, 2.45) is 5.92 Å². The predicted molar refractivity (Wildman–Crippen MR) is 63.7 cm³/mol. The molecule has 0 rings (SSSR count). The van der Waals surface area contributed by atoms with Crippen LogP contribution >= 0.6 is 0 Å². The Morgan fingerprint density at radius 2 is 1.82 bits per heavy atom. The summed E-state index contributed by atoms with van der Waals surface area (Å²) < 4.78 is 0. The minimum absolute atomic E-state index is 0.131. The van der Waals surface area contributed by atoms with Gasteiger partial charge in [-0.05, 0) is 6.42 Å². The highest BCUT2D eigenvalue weighted by Gasteiger charge is 2.19. The third kappa shape index (κ3) is 8.68. The molecule has 0 saturated heterocycles. The van der Waals surface area contributed by atoms with Gasteiger partial charge in [-0.15, -0.1) is 0 Å². The number of aliphatic carboxylic acids is 1. The number of carboxylic acid groups (broad SMARTS) is 1. The smallest absolute Gasteiger partial charge is 0.308 e. The quantitative estimate of drug-likeness (QED) is 0.253. The van der Waals surface area contributed by atoms with E-state index in [1.165, 1.54) is 19.3 Å². The van der Waals surface area contributed by atoms with Gasteiger partial charge in [-0.3, -0.25) is 14.8 Å². The van der Waals surface area contributed by atoms with E-state index in [1.807, 2.05) is 0 Å². The molecular weight excluding hydrogens is 222 g/mol. The summed E-state index contributed by atoms with van der Waals surface area (Å²) >= 11 is 0. The van der Waals surface area contributed by atoms with Crippen molar-refractivity contribution in [1.82, 2.24) is 5.06 Å². The molecule has 5 heteroatoms. The molecule has 0 fully saturated rings. The number of unbranched alkanes of at least 4 members (excludes halogenated alkanes) is 5. The van der Waals surface area contributed by atoms with E-state index >= 15 is 0 Å². The first-order valence-corrected chi connectivity index (χ1v) is 6.25. The van der Waals surface area contributed by atoms with E-state index in [4.69, 9.17) is 10.3 Å². The second-order valence-electron chi connectivity index (χ2n) is 4.32. The summed E-state index contributed by atoms with van der Waals surface area (Å²) in [5.74, 6) is -1.63. The first-order valence-electron chi connectivity index (χ1n) is 6.25. The van der Waals surface area contributed by atoms with Gasteiger partial charge < -0.3 is 5.11 Å². The van der Waals surface area contributed by atoms with Gasteiger partial charge in [0.25, 0.3) is 0 Å². The molecule has 0 spiro atoms. The largest absolute Gasteiger partial charge is 0.481 e. The maximum atomic E-state index is 10.9. The van der Waals surface area contributed by atoms with Crippen LogP contribution in [0.3, 0.4) is 0 Å². The van der Waals surface area contributed by atoms with E-state index < -0.39 is 11.9 Å². The van der Waals surface area contributed by atoms with Crippen molar-refractivity contribution in [3.63, 3.8) is 0 Å². The van der Waals surface area contributed by atoms with Crippen molar-refractivity contribution < 1.29 is 19.9 Å². The summed E-state index contributed by atoms with van der Waals surface area (Å²) in [6, 6.07) is 0. The molecule has 0 aromatic carbocycles. The lowest BCUT2D eigenvalue weighted by atomic mass is 10.00. The first kappa shape index (κ1) is 15.9. The lowest BCUT2D eigenvalue weighted by molar-refractivity contribution is -0.159. The Labute approximate surface area is 102 Å². The molecule has 0 aromatic rings. The molecule has 1 atom stereocenters. The van der Waals surface area contributed by atoms with Crippen LogP contribution in [0.25, 0.3) is 0 Å². The second kappa shape index (κ2) is 10.1. The molecule has 0 bridgehead atoms. The number of carbonyl (C=O) groups excluding carboxylic acids is 1. The number of carboxylic acids is 1. The van der Waals surface area contributed by atoms with Crippen LogP contribution in [0, 0.1) is 5.92 Å². The van der Waals surface area contributed by atoms with Crippen LogP contribution in [0.15, 0.2) is 0 Å². The molecule has 1 amide bonds. The molecule has 100 valence electrons. The molecule has 0 aromatic heterocycles. The van der Waals surface area contributed by atoms with E-state index in [-0.39, 0.29) is 13.0 Å². The minimum Gasteiger partial charge on any atom is -0.481 e. The SMILES string of the molecule is CCCCCCCC[C@H](CN(O)C=O)C(=O)O. The maximum Gasteiger partial charge on any atom is 0.308 e. The van der Waals surface area contributed by atoms with E-state index in [1.54, 1.807) is 0 Å². The molecule has 17 heavy (non-hydrogen) atoms. The average Bonchev–Trinajstić information content (AvgIpc) is 2.31. The van der Waals surface area contributed by atoms with Crippen molar-refractivity contribution in [3.8, 4) is 0 Å². The van der Waals surface area contributed by atoms with Gasteiger partial charge in [-0.2, -0.15) is 0 Å². The fraction of sp³-hybridized carbons (Fsp3) is 0.833. The number of hydrogen-bond donors (Lipinski definition) is 2. The lowest BCUT2D eigenvalue weighted by Gasteiger charge is -2.15. The van der Waals surface area contributed by atoms with E-state index in [9.17, 15) is 9.59 Å². The van der Waals surface area contributed by atoms with Crippen LogP contribution in [0.2, 0.25) is 0 Å². The predicted octanol–water partition coefficient (Wildman–Crippen LogP) is 2.29. The topological polar surface area (TPSA) is 77.8 Å². The van der Waals surface area contributed by atoms with Crippen LogP contribution in [-0.2, 0) is 9.59 Å². The third-order valence-electron chi connectivity index (χ3n) is 2.78. The summed E-state index contributed by atoms with van der Waals surface area (Å²) in [6.45, 7) is 2.02. The van der Waals surface area contributed by atoms with Gasteiger partial charge in [0.05, 0.1) is 12.5 Å². The molecule has 0 radical (unpaired) electrons. The first-order chi connectivity index (χ1) is 8.11. The van der Waals surface area contributed by atoms with E-state index in [0.717, 1.165) is 19.3 Å². The Bertz CT molecular complexity index is 221.